The van der Waals surface area contributed by atoms with Crippen molar-refractivity contribution in [3.63, 3.8) is 0 Å². The maximum Gasteiger partial charge on any atom is 0.215 e. The lowest BCUT2D eigenvalue weighted by Gasteiger charge is -2.22. The summed E-state index contributed by atoms with van der Waals surface area (Å²) in [5, 5.41) is 2.73. The normalized spacial score (nSPS) is 15.2. The predicted octanol–water partition coefficient (Wildman–Crippen LogP) is 1.82. The lowest BCUT2D eigenvalue weighted by molar-refractivity contribution is 0.495. The predicted molar refractivity (Wildman–Crippen MR) is 84.4 cm³/mol. The van der Waals surface area contributed by atoms with E-state index in [9.17, 15) is 8.42 Å². The van der Waals surface area contributed by atoms with E-state index in [2.05, 4.69) is 10.0 Å². The smallest absolute Gasteiger partial charge is 0.215 e. The summed E-state index contributed by atoms with van der Waals surface area (Å²) in [6.45, 7) is 4.97. The van der Waals surface area contributed by atoms with Gasteiger partial charge in [-0.15, -0.1) is 0 Å². The number of nitrogens with one attached hydrogen (secondary N) is 2. The van der Waals surface area contributed by atoms with Gasteiger partial charge in [0, 0.05) is 17.5 Å². The highest BCUT2D eigenvalue weighted by Gasteiger charge is 2.29. The van der Waals surface area contributed by atoms with Crippen LogP contribution in [0.3, 0.4) is 0 Å². The first-order valence-corrected chi connectivity index (χ1v) is 9.37. The van der Waals surface area contributed by atoms with Gasteiger partial charge in [0.25, 0.3) is 0 Å². The summed E-state index contributed by atoms with van der Waals surface area (Å²) in [7, 11) is -1.44. The zero-order valence-corrected chi connectivity index (χ0v) is 13.9. The van der Waals surface area contributed by atoms with E-state index in [-0.39, 0.29) is 17.0 Å². The maximum absolute atomic E-state index is 12.3. The van der Waals surface area contributed by atoms with Crippen LogP contribution in [0.1, 0.15) is 26.0 Å². The minimum absolute atomic E-state index is 0.0578. The SMILES string of the molecule is CCC([C@H](C)SCCNC)S(=O)(=O)NCc1ccco1. The van der Waals surface area contributed by atoms with E-state index in [1.54, 1.807) is 23.9 Å². The van der Waals surface area contributed by atoms with Gasteiger partial charge in [-0.3, -0.25) is 0 Å². The highest BCUT2D eigenvalue weighted by Crippen LogP contribution is 2.21. The van der Waals surface area contributed by atoms with Gasteiger partial charge in [-0.2, -0.15) is 11.8 Å². The van der Waals surface area contributed by atoms with Crippen LogP contribution in [0.25, 0.3) is 0 Å². The van der Waals surface area contributed by atoms with Crippen LogP contribution in [-0.2, 0) is 16.6 Å². The molecule has 0 fully saturated rings. The van der Waals surface area contributed by atoms with Crippen molar-refractivity contribution in [3.8, 4) is 0 Å². The fraction of sp³-hybridized carbons (Fsp3) is 0.692. The summed E-state index contributed by atoms with van der Waals surface area (Å²) in [4.78, 5) is 0. The van der Waals surface area contributed by atoms with Gasteiger partial charge in [-0.25, -0.2) is 13.1 Å². The van der Waals surface area contributed by atoms with Gasteiger partial charge in [0.1, 0.15) is 5.76 Å². The first-order chi connectivity index (χ1) is 9.51. The third-order valence-electron chi connectivity index (χ3n) is 3.08. The zero-order valence-electron chi connectivity index (χ0n) is 12.3. The van der Waals surface area contributed by atoms with E-state index in [1.165, 1.54) is 6.26 Å². The van der Waals surface area contributed by atoms with Crippen LogP contribution in [0.5, 0.6) is 0 Å². The number of hydrogen-bond donors (Lipinski definition) is 2. The van der Waals surface area contributed by atoms with Crippen molar-refractivity contribution in [1.29, 1.82) is 0 Å². The van der Waals surface area contributed by atoms with Gasteiger partial charge in [0.05, 0.1) is 18.1 Å². The van der Waals surface area contributed by atoms with Gasteiger partial charge in [0.15, 0.2) is 0 Å². The van der Waals surface area contributed by atoms with Crippen LogP contribution in [0.2, 0.25) is 0 Å². The molecule has 1 unspecified atom stereocenters. The van der Waals surface area contributed by atoms with Crippen molar-refractivity contribution in [2.75, 3.05) is 19.3 Å². The molecule has 0 aliphatic rings. The molecule has 7 heteroatoms. The molecule has 2 N–H and O–H groups in total. The molecule has 1 rings (SSSR count). The van der Waals surface area contributed by atoms with Crippen molar-refractivity contribution in [3.05, 3.63) is 24.2 Å². The molecule has 0 saturated heterocycles. The molecule has 116 valence electrons. The molecule has 0 aromatic carbocycles. The number of thioether (sulfide) groups is 1. The Balaban J connectivity index is 2.56. The van der Waals surface area contributed by atoms with Crippen molar-refractivity contribution >= 4 is 21.8 Å². The quantitative estimate of drug-likeness (QED) is 0.644. The van der Waals surface area contributed by atoms with Crippen molar-refractivity contribution in [1.82, 2.24) is 10.0 Å². The number of furan rings is 1. The second-order valence-corrected chi connectivity index (χ2v) is 8.04. The van der Waals surface area contributed by atoms with E-state index in [0.717, 1.165) is 12.3 Å². The Labute approximate surface area is 125 Å². The molecule has 0 aliphatic heterocycles. The van der Waals surface area contributed by atoms with Crippen LogP contribution >= 0.6 is 11.8 Å². The fourth-order valence-electron chi connectivity index (χ4n) is 1.95. The third kappa shape index (κ3) is 5.47. The average molecular weight is 320 g/mol. The largest absolute Gasteiger partial charge is 0.468 e. The van der Waals surface area contributed by atoms with E-state index in [0.29, 0.717) is 12.2 Å². The van der Waals surface area contributed by atoms with Gasteiger partial charge in [0.2, 0.25) is 10.0 Å². The minimum Gasteiger partial charge on any atom is -0.468 e. The molecule has 0 radical (unpaired) electrons. The second kappa shape index (κ2) is 8.71. The Hall–Kier alpha value is -0.500. The molecular formula is C13H24N2O3S2. The van der Waals surface area contributed by atoms with Crippen LogP contribution < -0.4 is 10.0 Å². The van der Waals surface area contributed by atoms with Crippen molar-refractivity contribution in [2.24, 2.45) is 0 Å². The Morgan fingerprint density at radius 3 is 2.75 bits per heavy atom. The average Bonchev–Trinajstić information content (AvgIpc) is 2.90. The molecule has 1 aromatic rings. The summed E-state index contributed by atoms with van der Waals surface area (Å²) in [5.41, 5.74) is 0. The molecule has 1 heterocycles. The highest BCUT2D eigenvalue weighted by molar-refractivity contribution is 8.01. The highest BCUT2D eigenvalue weighted by atomic mass is 32.2. The lowest BCUT2D eigenvalue weighted by atomic mass is 10.3. The minimum atomic E-state index is -3.34. The maximum atomic E-state index is 12.3. The molecule has 20 heavy (non-hydrogen) atoms. The molecule has 1 aromatic heterocycles. The molecule has 0 bridgehead atoms. The van der Waals surface area contributed by atoms with Gasteiger partial charge >= 0.3 is 0 Å². The molecular weight excluding hydrogens is 296 g/mol. The van der Waals surface area contributed by atoms with E-state index in [1.807, 2.05) is 20.9 Å². The molecule has 0 aliphatic carbocycles. The topological polar surface area (TPSA) is 71.3 Å². The van der Waals surface area contributed by atoms with Crippen LogP contribution in [-0.4, -0.2) is 38.3 Å². The fourth-order valence-corrected chi connectivity index (χ4v) is 5.23. The summed E-state index contributed by atoms with van der Waals surface area (Å²) < 4.78 is 32.5. The monoisotopic (exact) mass is 320 g/mol. The first-order valence-electron chi connectivity index (χ1n) is 6.78. The molecule has 0 amide bonds. The number of rotatable bonds is 10. The molecule has 2 atom stereocenters. The Morgan fingerprint density at radius 1 is 1.45 bits per heavy atom. The van der Waals surface area contributed by atoms with Gasteiger partial charge in [-0.1, -0.05) is 13.8 Å². The standard InChI is InChI=1S/C13H24N2O3S2/c1-4-13(11(2)19-9-7-14-3)20(16,17)15-10-12-6-5-8-18-12/h5-6,8,11,13-15H,4,7,9-10H2,1-3H3/t11-,13?/m0/s1. The van der Waals surface area contributed by atoms with Gasteiger partial charge in [-0.05, 0) is 25.6 Å². The van der Waals surface area contributed by atoms with Crippen LogP contribution in [0.15, 0.2) is 22.8 Å². The lowest BCUT2D eigenvalue weighted by Crippen LogP contribution is -2.39. The first kappa shape index (κ1) is 17.6. The molecule has 5 nitrogen and oxygen atoms in total. The van der Waals surface area contributed by atoms with Gasteiger partial charge < -0.3 is 9.73 Å². The number of sulfonamides is 1. The van der Waals surface area contributed by atoms with E-state index in [4.69, 9.17) is 4.42 Å². The second-order valence-electron chi connectivity index (χ2n) is 4.57. The third-order valence-corrected chi connectivity index (χ3v) is 6.64. The molecule has 0 spiro atoms. The van der Waals surface area contributed by atoms with Crippen molar-refractivity contribution in [2.45, 2.75) is 37.3 Å². The van der Waals surface area contributed by atoms with Crippen LogP contribution in [0, 0.1) is 0 Å². The van der Waals surface area contributed by atoms with E-state index >= 15 is 0 Å². The Bertz CT molecular complexity index is 460. The summed E-state index contributed by atoms with van der Waals surface area (Å²) in [5.74, 6) is 1.53. The van der Waals surface area contributed by atoms with Crippen LogP contribution in [0.4, 0.5) is 0 Å². The van der Waals surface area contributed by atoms with Crippen molar-refractivity contribution < 1.29 is 12.8 Å². The zero-order chi connectivity index (χ0) is 15.0. The molecule has 0 saturated carbocycles. The van der Waals surface area contributed by atoms with E-state index < -0.39 is 10.0 Å². The number of hydrogen-bond acceptors (Lipinski definition) is 5. The summed E-state index contributed by atoms with van der Waals surface area (Å²) in [6.07, 6.45) is 2.14. The summed E-state index contributed by atoms with van der Waals surface area (Å²) in [6, 6.07) is 3.51. The Morgan fingerprint density at radius 2 is 2.20 bits per heavy atom. The Kier molecular flexibility index (Phi) is 7.65. The summed E-state index contributed by atoms with van der Waals surface area (Å²) >= 11 is 1.68.